The fraction of sp³-hybridized carbons (Fsp3) is 0.333. The Kier molecular flexibility index (Phi) is 7.37. The monoisotopic (exact) mass is 388 g/mol. The molecule has 2 N–H and O–H groups in total. The number of hydrazine groups is 1. The number of hydrogen-bond donors (Lipinski definition) is 2. The van der Waals surface area contributed by atoms with Gasteiger partial charge < -0.3 is 9.47 Å². The molecule has 0 spiro atoms. The summed E-state index contributed by atoms with van der Waals surface area (Å²) in [6.45, 7) is 7.31. The number of nitrogens with one attached hydrogen (secondary N) is 2. The molecule has 0 unspecified atom stereocenters. The van der Waals surface area contributed by atoms with Crippen molar-refractivity contribution in [2.24, 2.45) is 0 Å². The number of benzene rings is 2. The van der Waals surface area contributed by atoms with Gasteiger partial charge in [-0.25, -0.2) is 4.39 Å². The van der Waals surface area contributed by atoms with E-state index in [0.717, 1.165) is 11.1 Å². The maximum absolute atomic E-state index is 12.9. The maximum atomic E-state index is 12.9. The normalized spacial score (nSPS) is 11.6. The lowest BCUT2D eigenvalue weighted by Gasteiger charge is -2.16. The van der Waals surface area contributed by atoms with Gasteiger partial charge in [-0.15, -0.1) is 0 Å². The first kappa shape index (κ1) is 21.2. The van der Waals surface area contributed by atoms with Crippen LogP contribution >= 0.6 is 0 Å². The maximum Gasteiger partial charge on any atom is 0.279 e. The summed E-state index contributed by atoms with van der Waals surface area (Å²) < 4.78 is 23.9. The number of rotatable bonds is 7. The second-order valence-electron chi connectivity index (χ2n) is 6.74. The van der Waals surface area contributed by atoms with Crippen LogP contribution < -0.4 is 20.3 Å². The molecule has 2 aromatic carbocycles. The molecule has 0 radical (unpaired) electrons. The van der Waals surface area contributed by atoms with Gasteiger partial charge in [-0.3, -0.25) is 20.4 Å². The van der Waals surface area contributed by atoms with E-state index in [1.165, 1.54) is 31.2 Å². The van der Waals surface area contributed by atoms with E-state index in [0.29, 0.717) is 11.5 Å². The van der Waals surface area contributed by atoms with E-state index < -0.39 is 23.7 Å². The molecule has 0 aromatic heterocycles. The van der Waals surface area contributed by atoms with Gasteiger partial charge in [0, 0.05) is 0 Å². The summed E-state index contributed by atoms with van der Waals surface area (Å²) in [5.74, 6) is -0.202. The highest BCUT2D eigenvalue weighted by molar-refractivity contribution is 5.85. The smallest absolute Gasteiger partial charge is 0.279 e. The average Bonchev–Trinajstić information content (AvgIpc) is 2.65. The average molecular weight is 388 g/mol. The molecule has 0 aliphatic carbocycles. The van der Waals surface area contributed by atoms with Crippen LogP contribution in [0.1, 0.15) is 37.8 Å². The molecule has 2 amide bonds. The Morgan fingerprint density at radius 3 is 2.36 bits per heavy atom. The third kappa shape index (κ3) is 6.26. The Labute approximate surface area is 164 Å². The van der Waals surface area contributed by atoms with Crippen molar-refractivity contribution in [3.8, 4) is 11.5 Å². The van der Waals surface area contributed by atoms with E-state index in [9.17, 15) is 14.0 Å². The Morgan fingerprint density at radius 2 is 1.71 bits per heavy atom. The lowest BCUT2D eigenvalue weighted by atomic mass is 10.0. The predicted molar refractivity (Wildman–Crippen MR) is 104 cm³/mol. The topological polar surface area (TPSA) is 76.7 Å². The number of carbonyl (C=O) groups excluding carboxylic acids is 2. The molecule has 28 heavy (non-hydrogen) atoms. The minimum Gasteiger partial charge on any atom is -0.483 e. The molecule has 150 valence electrons. The number of aryl methyl sites for hydroxylation is 1. The van der Waals surface area contributed by atoms with Crippen LogP contribution in [-0.2, 0) is 9.59 Å². The van der Waals surface area contributed by atoms with Crippen LogP contribution in [0.4, 0.5) is 4.39 Å². The summed E-state index contributed by atoms with van der Waals surface area (Å²) in [7, 11) is 0. The third-order valence-corrected chi connectivity index (χ3v) is 3.97. The summed E-state index contributed by atoms with van der Waals surface area (Å²) in [4.78, 5) is 24.0. The predicted octanol–water partition coefficient (Wildman–Crippen LogP) is 3.25. The fourth-order valence-electron chi connectivity index (χ4n) is 2.43. The van der Waals surface area contributed by atoms with E-state index in [-0.39, 0.29) is 12.5 Å². The molecule has 0 heterocycles. The van der Waals surface area contributed by atoms with Gasteiger partial charge >= 0.3 is 0 Å². The zero-order chi connectivity index (χ0) is 20.7. The van der Waals surface area contributed by atoms with Crippen LogP contribution in [0.2, 0.25) is 0 Å². The number of halogens is 1. The van der Waals surface area contributed by atoms with Crippen molar-refractivity contribution in [3.63, 3.8) is 0 Å². The van der Waals surface area contributed by atoms with Gasteiger partial charge in [-0.05, 0) is 61.2 Å². The van der Waals surface area contributed by atoms with Gasteiger partial charge in [-0.2, -0.15) is 0 Å². The van der Waals surface area contributed by atoms with Crippen LogP contribution in [0.5, 0.6) is 11.5 Å². The van der Waals surface area contributed by atoms with Crippen molar-refractivity contribution in [3.05, 3.63) is 59.4 Å². The first-order chi connectivity index (χ1) is 13.3. The first-order valence-electron chi connectivity index (χ1n) is 9.00. The van der Waals surface area contributed by atoms with Gasteiger partial charge in [0.1, 0.15) is 17.3 Å². The van der Waals surface area contributed by atoms with Crippen LogP contribution in [0, 0.1) is 12.7 Å². The van der Waals surface area contributed by atoms with E-state index in [2.05, 4.69) is 10.9 Å². The first-order valence-corrected chi connectivity index (χ1v) is 9.00. The molecule has 0 saturated carbocycles. The molecule has 1 atom stereocenters. The molecule has 2 aromatic rings. The fourth-order valence-corrected chi connectivity index (χ4v) is 2.43. The molecular weight excluding hydrogens is 363 g/mol. The summed E-state index contributed by atoms with van der Waals surface area (Å²) >= 11 is 0. The number of ether oxygens (including phenoxy) is 2. The highest BCUT2D eigenvalue weighted by Crippen LogP contribution is 2.27. The van der Waals surface area contributed by atoms with Gasteiger partial charge in [0.25, 0.3) is 11.8 Å². The summed E-state index contributed by atoms with van der Waals surface area (Å²) in [6, 6.07) is 11.1. The summed E-state index contributed by atoms with van der Waals surface area (Å²) in [5.41, 5.74) is 6.60. The van der Waals surface area contributed by atoms with Crippen molar-refractivity contribution in [1.29, 1.82) is 0 Å². The van der Waals surface area contributed by atoms with Crippen molar-refractivity contribution >= 4 is 11.8 Å². The van der Waals surface area contributed by atoms with Crippen LogP contribution in [-0.4, -0.2) is 24.5 Å². The zero-order valence-electron chi connectivity index (χ0n) is 16.4. The van der Waals surface area contributed by atoms with Crippen LogP contribution in [0.15, 0.2) is 42.5 Å². The molecule has 0 saturated heterocycles. The van der Waals surface area contributed by atoms with Crippen molar-refractivity contribution in [2.45, 2.75) is 39.7 Å². The SMILES string of the molecule is Cc1ccc(C(C)C)c(OCC(=O)NNC(=O)[C@@H](C)Oc2ccc(F)cc2)c1. The van der Waals surface area contributed by atoms with E-state index in [1.807, 2.05) is 39.0 Å². The zero-order valence-corrected chi connectivity index (χ0v) is 16.4. The molecule has 2 rings (SSSR count). The Morgan fingerprint density at radius 1 is 1.04 bits per heavy atom. The van der Waals surface area contributed by atoms with Crippen LogP contribution in [0.3, 0.4) is 0 Å². The molecule has 0 bridgehead atoms. The Bertz CT molecular complexity index is 822. The largest absolute Gasteiger partial charge is 0.483 e. The summed E-state index contributed by atoms with van der Waals surface area (Å²) in [6.07, 6.45) is -0.879. The van der Waals surface area contributed by atoms with Gasteiger partial charge in [0.2, 0.25) is 0 Å². The van der Waals surface area contributed by atoms with Crippen LogP contribution in [0.25, 0.3) is 0 Å². The Hall–Kier alpha value is -3.09. The third-order valence-electron chi connectivity index (χ3n) is 3.97. The molecule has 6 nitrogen and oxygen atoms in total. The minimum atomic E-state index is -0.879. The number of hydrogen-bond acceptors (Lipinski definition) is 4. The van der Waals surface area contributed by atoms with E-state index in [1.54, 1.807) is 0 Å². The van der Waals surface area contributed by atoms with Gasteiger partial charge in [0.15, 0.2) is 12.7 Å². The van der Waals surface area contributed by atoms with Crippen molar-refractivity contribution in [1.82, 2.24) is 10.9 Å². The molecular formula is C21H25FN2O4. The second kappa shape index (κ2) is 9.73. The Balaban J connectivity index is 1.81. The van der Waals surface area contributed by atoms with Crippen molar-refractivity contribution < 1.29 is 23.5 Å². The van der Waals surface area contributed by atoms with Gasteiger partial charge in [0.05, 0.1) is 0 Å². The highest BCUT2D eigenvalue weighted by Gasteiger charge is 2.16. The van der Waals surface area contributed by atoms with E-state index in [4.69, 9.17) is 9.47 Å². The minimum absolute atomic E-state index is 0.239. The van der Waals surface area contributed by atoms with Crippen molar-refractivity contribution in [2.75, 3.05) is 6.61 Å². The molecule has 0 aliphatic heterocycles. The quantitative estimate of drug-likeness (QED) is 0.714. The standard InChI is InChI=1S/C21H25FN2O4/c1-13(2)18-10-5-14(3)11-19(18)27-12-20(25)23-24-21(26)15(4)28-17-8-6-16(22)7-9-17/h5-11,13,15H,12H2,1-4H3,(H,23,25)(H,24,26)/t15-/m1/s1. The second-order valence-corrected chi connectivity index (χ2v) is 6.74. The lowest BCUT2D eigenvalue weighted by molar-refractivity contribution is -0.133. The molecule has 0 fully saturated rings. The van der Waals surface area contributed by atoms with Gasteiger partial charge in [-0.1, -0.05) is 26.0 Å². The van der Waals surface area contributed by atoms with E-state index >= 15 is 0 Å². The molecule has 0 aliphatic rings. The number of carbonyl (C=O) groups is 2. The number of amides is 2. The lowest BCUT2D eigenvalue weighted by Crippen LogP contribution is -2.48. The summed E-state index contributed by atoms with van der Waals surface area (Å²) in [5, 5.41) is 0. The molecule has 7 heteroatoms. The highest BCUT2D eigenvalue weighted by atomic mass is 19.1.